The van der Waals surface area contributed by atoms with Crippen LogP contribution in [0.25, 0.3) is 0 Å². The van der Waals surface area contributed by atoms with Crippen molar-refractivity contribution in [3.05, 3.63) is 35.4 Å². The van der Waals surface area contributed by atoms with E-state index in [1.165, 1.54) is 23.5 Å². The number of hydrogen-bond acceptors (Lipinski definition) is 5. The van der Waals surface area contributed by atoms with Crippen molar-refractivity contribution in [1.29, 1.82) is 0 Å². The second-order valence-electron chi connectivity index (χ2n) is 4.30. The monoisotopic (exact) mass is 319 g/mol. The SMILES string of the molecule is CC(=O)COCC#CC#Cc1ccc([C@@H](C)NSS)cc1. The lowest BCUT2D eigenvalue weighted by Gasteiger charge is -2.10. The van der Waals surface area contributed by atoms with E-state index in [0.717, 1.165) is 5.56 Å². The molecule has 0 aliphatic heterocycles. The summed E-state index contributed by atoms with van der Waals surface area (Å²) in [5, 5.41) is 0. The van der Waals surface area contributed by atoms with Gasteiger partial charge in [0.2, 0.25) is 0 Å². The zero-order valence-corrected chi connectivity index (χ0v) is 13.7. The van der Waals surface area contributed by atoms with Gasteiger partial charge in [0, 0.05) is 11.6 Å². The van der Waals surface area contributed by atoms with Gasteiger partial charge < -0.3 is 4.74 Å². The van der Waals surface area contributed by atoms with Crippen LogP contribution in [0.1, 0.15) is 31.0 Å². The zero-order chi connectivity index (χ0) is 15.5. The van der Waals surface area contributed by atoms with Crippen molar-refractivity contribution in [1.82, 2.24) is 4.72 Å². The van der Waals surface area contributed by atoms with Crippen LogP contribution in [0.4, 0.5) is 0 Å². The molecule has 3 nitrogen and oxygen atoms in total. The van der Waals surface area contributed by atoms with Gasteiger partial charge in [-0.05, 0) is 54.4 Å². The van der Waals surface area contributed by atoms with Crippen LogP contribution in [0, 0.1) is 23.7 Å². The van der Waals surface area contributed by atoms with E-state index in [1.807, 2.05) is 24.3 Å². The van der Waals surface area contributed by atoms with Crippen molar-refractivity contribution in [3.63, 3.8) is 0 Å². The zero-order valence-electron chi connectivity index (χ0n) is 12.0. The number of benzene rings is 1. The van der Waals surface area contributed by atoms with Crippen LogP contribution >= 0.6 is 22.6 Å². The Morgan fingerprint density at radius 1 is 1.38 bits per heavy atom. The fourth-order valence-electron chi connectivity index (χ4n) is 1.43. The van der Waals surface area contributed by atoms with E-state index < -0.39 is 0 Å². The van der Waals surface area contributed by atoms with Gasteiger partial charge in [0.1, 0.15) is 13.2 Å². The number of nitrogens with one attached hydrogen (secondary N) is 1. The Bertz CT molecular complexity index is 576. The minimum Gasteiger partial charge on any atom is -0.361 e. The molecule has 0 saturated heterocycles. The van der Waals surface area contributed by atoms with E-state index in [2.05, 4.69) is 47.0 Å². The van der Waals surface area contributed by atoms with Crippen LogP contribution in [-0.2, 0) is 9.53 Å². The van der Waals surface area contributed by atoms with Crippen LogP contribution in [0.15, 0.2) is 24.3 Å². The Morgan fingerprint density at radius 2 is 2.10 bits per heavy atom. The van der Waals surface area contributed by atoms with Gasteiger partial charge in [0.15, 0.2) is 5.78 Å². The molecule has 0 spiro atoms. The number of carbonyl (C=O) groups excluding carboxylic acids is 1. The van der Waals surface area contributed by atoms with Gasteiger partial charge in [-0.1, -0.05) is 35.6 Å². The molecular formula is C16H17NO2S2. The number of carbonyl (C=O) groups is 1. The molecule has 1 N–H and O–H groups in total. The van der Waals surface area contributed by atoms with Crippen LogP contribution in [0.3, 0.4) is 0 Å². The largest absolute Gasteiger partial charge is 0.361 e. The standard InChI is InChI=1S/C16H17NO2S2/c1-13(18)12-19-11-5-3-4-6-15-7-9-16(10-8-15)14(2)17-21-20/h7-10,14,17,20H,11-12H2,1-2H3/t14-/m1/s1. The number of hydrogen-bond donors (Lipinski definition) is 2. The fourth-order valence-corrected chi connectivity index (χ4v) is 2.20. The van der Waals surface area contributed by atoms with Crippen molar-refractivity contribution < 1.29 is 9.53 Å². The fraction of sp³-hybridized carbons (Fsp3) is 0.312. The average Bonchev–Trinajstić information content (AvgIpc) is 2.47. The van der Waals surface area contributed by atoms with Crippen LogP contribution in [0.5, 0.6) is 0 Å². The van der Waals surface area contributed by atoms with Gasteiger partial charge >= 0.3 is 0 Å². The summed E-state index contributed by atoms with van der Waals surface area (Å²) in [5.74, 6) is 11.1. The first-order valence-corrected chi connectivity index (χ1v) is 8.22. The summed E-state index contributed by atoms with van der Waals surface area (Å²) in [7, 11) is 1.30. The van der Waals surface area contributed by atoms with Gasteiger partial charge in [-0.15, -0.1) is 0 Å². The number of ether oxygens (including phenoxy) is 1. The molecule has 0 saturated carbocycles. The summed E-state index contributed by atoms with van der Waals surface area (Å²) in [4.78, 5) is 10.6. The molecule has 0 radical (unpaired) electrons. The average molecular weight is 319 g/mol. The van der Waals surface area contributed by atoms with Crippen molar-refractivity contribution in [2.24, 2.45) is 0 Å². The predicted octanol–water partition coefficient (Wildman–Crippen LogP) is 2.79. The van der Waals surface area contributed by atoms with Crippen LogP contribution < -0.4 is 4.72 Å². The van der Waals surface area contributed by atoms with E-state index in [1.54, 1.807) is 0 Å². The van der Waals surface area contributed by atoms with Crippen LogP contribution in [0.2, 0.25) is 0 Å². The number of Topliss-reactive ketones (excluding diaryl/α,β-unsaturated/α-hetero) is 1. The third-order valence-electron chi connectivity index (χ3n) is 2.48. The third-order valence-corrected chi connectivity index (χ3v) is 3.25. The lowest BCUT2D eigenvalue weighted by Crippen LogP contribution is -2.08. The molecule has 0 amide bonds. The van der Waals surface area contributed by atoms with E-state index in [4.69, 9.17) is 4.74 Å². The molecule has 1 aromatic carbocycles. The summed E-state index contributed by atoms with van der Waals surface area (Å²) in [6.45, 7) is 3.86. The Balaban J connectivity index is 2.48. The molecule has 110 valence electrons. The number of thiol groups is 1. The molecule has 0 aliphatic rings. The highest BCUT2D eigenvalue weighted by molar-refractivity contribution is 8.67. The molecule has 0 bridgehead atoms. The molecule has 0 heterocycles. The molecule has 21 heavy (non-hydrogen) atoms. The van der Waals surface area contributed by atoms with Crippen molar-refractivity contribution >= 4 is 28.4 Å². The molecule has 0 fully saturated rings. The first-order valence-electron chi connectivity index (χ1n) is 6.35. The first kappa shape index (κ1) is 17.7. The van der Waals surface area contributed by atoms with Gasteiger partial charge in [0.25, 0.3) is 0 Å². The quantitative estimate of drug-likeness (QED) is 0.278. The minimum atomic E-state index is -0.0111. The maximum Gasteiger partial charge on any atom is 0.155 e. The Morgan fingerprint density at radius 3 is 2.71 bits per heavy atom. The highest BCUT2D eigenvalue weighted by Crippen LogP contribution is 2.16. The summed E-state index contributed by atoms with van der Waals surface area (Å²) in [5.41, 5.74) is 2.08. The molecular weight excluding hydrogens is 302 g/mol. The van der Waals surface area contributed by atoms with Crippen molar-refractivity contribution in [2.75, 3.05) is 13.2 Å². The maximum absolute atomic E-state index is 10.6. The highest BCUT2D eigenvalue weighted by atomic mass is 33.1. The molecule has 5 heteroatoms. The maximum atomic E-state index is 10.6. The minimum absolute atomic E-state index is 0.0111. The van der Waals surface area contributed by atoms with Gasteiger partial charge in [0.05, 0.1) is 0 Å². The summed E-state index contributed by atoms with van der Waals surface area (Å²) < 4.78 is 8.15. The third kappa shape index (κ3) is 7.84. The Hall–Kier alpha value is -1.37. The van der Waals surface area contributed by atoms with Gasteiger partial charge in [-0.2, -0.15) is 0 Å². The summed E-state index contributed by atoms with van der Waals surface area (Å²) in [6, 6.07) is 8.19. The Labute approximate surface area is 135 Å². The highest BCUT2D eigenvalue weighted by Gasteiger charge is 2.02. The molecule has 1 atom stereocenters. The van der Waals surface area contributed by atoms with Crippen LogP contribution in [-0.4, -0.2) is 19.0 Å². The van der Waals surface area contributed by atoms with E-state index in [-0.39, 0.29) is 25.0 Å². The second-order valence-corrected chi connectivity index (χ2v) is 5.27. The first-order chi connectivity index (χ1) is 10.1. The van der Waals surface area contributed by atoms with E-state index >= 15 is 0 Å². The molecule has 1 aromatic rings. The van der Waals surface area contributed by atoms with Gasteiger partial charge in [-0.3, -0.25) is 4.79 Å². The second kappa shape index (κ2) is 10.4. The number of ketones is 1. The smallest absolute Gasteiger partial charge is 0.155 e. The summed E-state index contributed by atoms with van der Waals surface area (Å²) in [6.07, 6.45) is 0. The lowest BCUT2D eigenvalue weighted by atomic mass is 10.1. The van der Waals surface area contributed by atoms with Crippen molar-refractivity contribution in [3.8, 4) is 23.7 Å². The molecule has 1 rings (SSSR count). The topological polar surface area (TPSA) is 38.3 Å². The molecule has 0 unspecified atom stereocenters. The predicted molar refractivity (Wildman–Crippen MR) is 90.7 cm³/mol. The number of rotatable bonds is 6. The van der Waals surface area contributed by atoms with Crippen molar-refractivity contribution in [2.45, 2.75) is 19.9 Å². The van der Waals surface area contributed by atoms with E-state index in [0.29, 0.717) is 0 Å². The lowest BCUT2D eigenvalue weighted by molar-refractivity contribution is -0.120. The van der Waals surface area contributed by atoms with E-state index in [9.17, 15) is 4.79 Å². The molecule has 0 aromatic heterocycles. The Kier molecular flexibility index (Phi) is 8.73. The normalized spacial score (nSPS) is 10.8. The van der Waals surface area contributed by atoms with Gasteiger partial charge in [-0.25, -0.2) is 4.72 Å². The summed E-state index contributed by atoms with van der Waals surface area (Å²) >= 11 is 4.06. The molecule has 0 aliphatic carbocycles.